The lowest BCUT2D eigenvalue weighted by atomic mass is 10.1. The summed E-state index contributed by atoms with van der Waals surface area (Å²) in [6.45, 7) is 1.58. The quantitative estimate of drug-likeness (QED) is 0.676. The summed E-state index contributed by atoms with van der Waals surface area (Å²) < 4.78 is 12.6. The lowest BCUT2D eigenvalue weighted by Crippen LogP contribution is -2.26. The third-order valence-electron chi connectivity index (χ3n) is 1.52. The van der Waals surface area contributed by atoms with Crippen LogP contribution in [0.4, 0.5) is 4.39 Å². The van der Waals surface area contributed by atoms with Gasteiger partial charge >= 0.3 is 0 Å². The molecule has 0 spiro atoms. The Morgan fingerprint density at radius 1 is 1.58 bits per heavy atom. The molecule has 0 aliphatic rings. The van der Waals surface area contributed by atoms with Gasteiger partial charge in [0.25, 0.3) is 0 Å². The number of hydrogen-bond donors (Lipinski definition) is 1. The Balaban J connectivity index is 2.96. The minimum absolute atomic E-state index is 0.241. The third kappa shape index (κ3) is 1.89. The molecule has 1 aromatic rings. The molecule has 0 saturated heterocycles. The van der Waals surface area contributed by atoms with Crippen LogP contribution in [0, 0.1) is 5.82 Å². The molecule has 1 rings (SSSR count). The molecule has 0 heterocycles. The molecule has 0 radical (unpaired) electrons. The molecule has 2 nitrogen and oxygen atoms in total. The fourth-order valence-corrected chi connectivity index (χ4v) is 0.905. The maximum absolute atomic E-state index is 12.6. The number of halogens is 1. The highest BCUT2D eigenvalue weighted by molar-refractivity contribution is 5.99. The molecule has 0 aliphatic heterocycles. The molecule has 3 heteroatoms. The average Bonchev–Trinajstić information content (AvgIpc) is 2.03. The number of hydrogen-bond acceptors (Lipinski definition) is 2. The molecule has 12 heavy (non-hydrogen) atoms. The lowest BCUT2D eigenvalue weighted by molar-refractivity contribution is 0.0967. The maximum atomic E-state index is 12.6. The average molecular weight is 167 g/mol. The molecule has 0 saturated carbocycles. The zero-order valence-corrected chi connectivity index (χ0v) is 6.75. The highest BCUT2D eigenvalue weighted by Gasteiger charge is 2.10. The second-order valence-electron chi connectivity index (χ2n) is 2.66. The van der Waals surface area contributed by atoms with Crippen LogP contribution in [0.1, 0.15) is 17.3 Å². The van der Waals surface area contributed by atoms with Gasteiger partial charge in [-0.2, -0.15) is 0 Å². The van der Waals surface area contributed by atoms with Gasteiger partial charge in [0.05, 0.1) is 6.04 Å². The van der Waals surface area contributed by atoms with E-state index in [1.807, 2.05) is 0 Å². The molecule has 0 bridgehead atoms. The number of benzene rings is 1. The first-order valence-corrected chi connectivity index (χ1v) is 3.66. The summed E-state index contributed by atoms with van der Waals surface area (Å²) in [5.41, 5.74) is 5.67. The van der Waals surface area contributed by atoms with Gasteiger partial charge in [-0.3, -0.25) is 4.79 Å². The predicted octanol–water partition coefficient (Wildman–Crippen LogP) is 1.36. The first-order chi connectivity index (χ1) is 5.61. The van der Waals surface area contributed by atoms with Gasteiger partial charge in [0.2, 0.25) is 0 Å². The summed E-state index contributed by atoms with van der Waals surface area (Å²) in [6, 6.07) is 4.94. The van der Waals surface area contributed by atoms with Crippen LogP contribution in [0.25, 0.3) is 0 Å². The minimum atomic E-state index is -0.577. The van der Waals surface area contributed by atoms with Crippen molar-refractivity contribution in [2.24, 2.45) is 5.73 Å². The van der Waals surface area contributed by atoms with Crippen molar-refractivity contribution in [1.82, 2.24) is 0 Å². The van der Waals surface area contributed by atoms with Crippen molar-refractivity contribution in [3.63, 3.8) is 0 Å². The van der Waals surface area contributed by atoms with Crippen molar-refractivity contribution in [2.75, 3.05) is 0 Å². The van der Waals surface area contributed by atoms with E-state index < -0.39 is 11.9 Å². The van der Waals surface area contributed by atoms with Crippen LogP contribution >= 0.6 is 0 Å². The molecular formula is C9H10FNO. The lowest BCUT2D eigenvalue weighted by Gasteiger charge is -2.03. The monoisotopic (exact) mass is 167 g/mol. The molecular weight excluding hydrogens is 157 g/mol. The predicted molar refractivity (Wildman–Crippen MR) is 44.4 cm³/mol. The topological polar surface area (TPSA) is 43.1 Å². The summed E-state index contributed by atoms with van der Waals surface area (Å²) in [5, 5.41) is 0. The Morgan fingerprint density at radius 2 is 2.25 bits per heavy atom. The van der Waals surface area contributed by atoms with Crippen molar-refractivity contribution in [3.8, 4) is 0 Å². The summed E-state index contributed by atoms with van der Waals surface area (Å²) in [6.07, 6.45) is 0. The highest BCUT2D eigenvalue weighted by Crippen LogP contribution is 2.05. The maximum Gasteiger partial charge on any atom is 0.179 e. The Kier molecular flexibility index (Phi) is 2.55. The molecule has 1 atom stereocenters. The SMILES string of the molecule is CC(N)C(=O)c1cccc(F)c1. The normalized spacial score (nSPS) is 12.6. The minimum Gasteiger partial charge on any atom is -0.321 e. The van der Waals surface area contributed by atoms with Crippen LogP contribution in [0.15, 0.2) is 24.3 Å². The zero-order chi connectivity index (χ0) is 9.14. The Bertz CT molecular complexity index is 296. The van der Waals surface area contributed by atoms with Gasteiger partial charge in [0.1, 0.15) is 5.82 Å². The molecule has 64 valence electrons. The van der Waals surface area contributed by atoms with Crippen LogP contribution in [-0.2, 0) is 0 Å². The van der Waals surface area contributed by atoms with Gasteiger partial charge in [0.15, 0.2) is 5.78 Å². The fourth-order valence-electron chi connectivity index (χ4n) is 0.905. The van der Waals surface area contributed by atoms with E-state index >= 15 is 0 Å². The van der Waals surface area contributed by atoms with Crippen molar-refractivity contribution >= 4 is 5.78 Å². The van der Waals surface area contributed by atoms with Gasteiger partial charge in [-0.05, 0) is 19.1 Å². The van der Waals surface area contributed by atoms with Gasteiger partial charge in [-0.1, -0.05) is 12.1 Å². The molecule has 2 N–H and O–H groups in total. The van der Waals surface area contributed by atoms with Crippen molar-refractivity contribution in [3.05, 3.63) is 35.6 Å². The number of rotatable bonds is 2. The molecule has 0 fully saturated rings. The standard InChI is InChI=1S/C9H10FNO/c1-6(11)9(12)7-3-2-4-8(10)5-7/h2-6H,11H2,1H3. The van der Waals surface area contributed by atoms with Crippen molar-refractivity contribution < 1.29 is 9.18 Å². The number of carbonyl (C=O) groups is 1. The van der Waals surface area contributed by atoms with Gasteiger partial charge < -0.3 is 5.73 Å². The van der Waals surface area contributed by atoms with E-state index in [2.05, 4.69) is 0 Å². The molecule has 1 unspecified atom stereocenters. The van der Waals surface area contributed by atoms with Crippen LogP contribution in [0.3, 0.4) is 0 Å². The summed E-state index contributed by atoms with van der Waals surface area (Å²) in [4.78, 5) is 11.2. The van der Waals surface area contributed by atoms with Gasteiger partial charge in [-0.15, -0.1) is 0 Å². The van der Waals surface area contributed by atoms with Crippen LogP contribution in [-0.4, -0.2) is 11.8 Å². The Labute approximate surface area is 70.2 Å². The Morgan fingerprint density at radius 3 is 2.75 bits per heavy atom. The first kappa shape index (κ1) is 8.87. The van der Waals surface area contributed by atoms with Crippen LogP contribution < -0.4 is 5.73 Å². The van der Waals surface area contributed by atoms with Crippen LogP contribution in [0.5, 0.6) is 0 Å². The van der Waals surface area contributed by atoms with E-state index in [0.717, 1.165) is 0 Å². The van der Waals surface area contributed by atoms with E-state index in [1.54, 1.807) is 13.0 Å². The second kappa shape index (κ2) is 3.45. The van der Waals surface area contributed by atoms with Gasteiger partial charge in [-0.25, -0.2) is 4.39 Å². The van der Waals surface area contributed by atoms with E-state index in [4.69, 9.17) is 5.73 Å². The largest absolute Gasteiger partial charge is 0.321 e. The summed E-state index contributed by atoms with van der Waals surface area (Å²) >= 11 is 0. The Hall–Kier alpha value is -1.22. The number of Topliss-reactive ketones (excluding diaryl/α,β-unsaturated/α-hetero) is 1. The van der Waals surface area contributed by atoms with E-state index in [-0.39, 0.29) is 5.78 Å². The zero-order valence-electron chi connectivity index (χ0n) is 6.75. The summed E-state index contributed by atoms with van der Waals surface area (Å²) in [5.74, 6) is -0.656. The molecule has 0 amide bonds. The number of carbonyl (C=O) groups excluding carboxylic acids is 1. The van der Waals surface area contributed by atoms with Gasteiger partial charge in [0, 0.05) is 5.56 Å². The van der Waals surface area contributed by atoms with E-state index in [0.29, 0.717) is 5.56 Å². The smallest absolute Gasteiger partial charge is 0.179 e. The third-order valence-corrected chi connectivity index (χ3v) is 1.52. The fraction of sp³-hybridized carbons (Fsp3) is 0.222. The molecule has 1 aromatic carbocycles. The highest BCUT2D eigenvalue weighted by atomic mass is 19.1. The van der Waals surface area contributed by atoms with Crippen molar-refractivity contribution in [1.29, 1.82) is 0 Å². The van der Waals surface area contributed by atoms with Crippen LogP contribution in [0.2, 0.25) is 0 Å². The number of nitrogens with two attached hydrogens (primary N) is 1. The number of ketones is 1. The second-order valence-corrected chi connectivity index (χ2v) is 2.66. The molecule has 0 aromatic heterocycles. The van der Waals surface area contributed by atoms with E-state index in [1.165, 1.54) is 18.2 Å². The van der Waals surface area contributed by atoms with Crippen molar-refractivity contribution in [2.45, 2.75) is 13.0 Å². The summed E-state index contributed by atoms with van der Waals surface area (Å²) in [7, 11) is 0. The van der Waals surface area contributed by atoms with E-state index in [9.17, 15) is 9.18 Å². The first-order valence-electron chi connectivity index (χ1n) is 3.66. The molecule has 0 aliphatic carbocycles.